The van der Waals surface area contributed by atoms with E-state index >= 15 is 0 Å². The van der Waals surface area contributed by atoms with Crippen LogP contribution in [0, 0.1) is 0 Å². The van der Waals surface area contributed by atoms with Crippen molar-refractivity contribution in [1.29, 1.82) is 0 Å². The third-order valence-corrected chi connectivity index (χ3v) is 2.90. The van der Waals surface area contributed by atoms with E-state index in [2.05, 4.69) is 5.32 Å². The highest BCUT2D eigenvalue weighted by atomic mass is 35.5. The summed E-state index contributed by atoms with van der Waals surface area (Å²) in [5, 5.41) is 3.97. The molecule has 0 aliphatic carbocycles. The van der Waals surface area contributed by atoms with Crippen LogP contribution >= 0.6 is 11.6 Å². The maximum Gasteiger partial charge on any atom is 0.250 e. The molecule has 1 aromatic heterocycles. The van der Waals surface area contributed by atoms with Gasteiger partial charge in [-0.1, -0.05) is 29.8 Å². The lowest BCUT2D eigenvalue weighted by Gasteiger charge is -2.08. The second kappa shape index (κ2) is 5.06. The topological polar surface area (TPSA) is 34.0 Å². The Bertz CT molecular complexity index is 578. The molecule has 2 aromatic rings. The Hall–Kier alpha value is -1.74. The number of halogens is 1. The van der Waals surface area contributed by atoms with Gasteiger partial charge in [0, 0.05) is 30.9 Å². The standard InChI is InChI=1S/C13H13ClN2O/c1-16-9-11(6-7-13(16)17)15-8-10-4-2-3-5-12(10)14/h2-7,9,15H,8H2,1H3. The first-order chi connectivity index (χ1) is 8.16. The van der Waals surface area contributed by atoms with E-state index < -0.39 is 0 Å². The van der Waals surface area contributed by atoms with Gasteiger partial charge in [-0.15, -0.1) is 0 Å². The molecule has 1 aromatic carbocycles. The van der Waals surface area contributed by atoms with Gasteiger partial charge < -0.3 is 9.88 Å². The van der Waals surface area contributed by atoms with Crippen LogP contribution in [0.2, 0.25) is 5.02 Å². The predicted octanol–water partition coefficient (Wildman–Crippen LogP) is 2.65. The fraction of sp³-hybridized carbons (Fsp3) is 0.154. The molecular formula is C13H13ClN2O. The summed E-state index contributed by atoms with van der Waals surface area (Å²) in [6.07, 6.45) is 1.76. The molecule has 0 spiro atoms. The molecule has 0 bridgehead atoms. The smallest absolute Gasteiger partial charge is 0.250 e. The number of anilines is 1. The van der Waals surface area contributed by atoms with Gasteiger partial charge in [0.1, 0.15) is 0 Å². The minimum Gasteiger partial charge on any atom is -0.380 e. The molecule has 0 radical (unpaired) electrons. The first-order valence-electron chi connectivity index (χ1n) is 5.31. The van der Waals surface area contributed by atoms with Crippen LogP contribution in [0.15, 0.2) is 47.4 Å². The summed E-state index contributed by atoms with van der Waals surface area (Å²) in [6, 6.07) is 11.0. The Kier molecular flexibility index (Phi) is 3.49. The number of rotatable bonds is 3. The molecule has 0 unspecified atom stereocenters. The fourth-order valence-electron chi connectivity index (χ4n) is 1.54. The molecule has 0 atom stereocenters. The average Bonchev–Trinajstić information content (AvgIpc) is 2.32. The minimum atomic E-state index is -0.0201. The van der Waals surface area contributed by atoms with Crippen molar-refractivity contribution in [2.24, 2.45) is 7.05 Å². The lowest BCUT2D eigenvalue weighted by Crippen LogP contribution is -2.15. The second-order valence-corrected chi connectivity index (χ2v) is 4.22. The zero-order chi connectivity index (χ0) is 12.3. The van der Waals surface area contributed by atoms with Crippen molar-refractivity contribution in [3.05, 3.63) is 63.5 Å². The van der Waals surface area contributed by atoms with Crippen LogP contribution in [0.3, 0.4) is 0 Å². The van der Waals surface area contributed by atoms with Gasteiger partial charge in [0.05, 0.1) is 5.69 Å². The lowest BCUT2D eigenvalue weighted by molar-refractivity contribution is 0.859. The fourth-order valence-corrected chi connectivity index (χ4v) is 1.74. The number of hydrogen-bond donors (Lipinski definition) is 1. The average molecular weight is 249 g/mol. The normalized spacial score (nSPS) is 10.2. The first-order valence-corrected chi connectivity index (χ1v) is 5.68. The third-order valence-electron chi connectivity index (χ3n) is 2.53. The lowest BCUT2D eigenvalue weighted by atomic mass is 10.2. The summed E-state index contributed by atoms with van der Waals surface area (Å²) in [5.74, 6) is 0. The number of nitrogens with zero attached hydrogens (tertiary/aromatic N) is 1. The van der Waals surface area contributed by atoms with E-state index in [4.69, 9.17) is 11.6 Å². The van der Waals surface area contributed by atoms with E-state index in [9.17, 15) is 4.79 Å². The number of nitrogens with one attached hydrogen (secondary N) is 1. The molecule has 0 aliphatic heterocycles. The maximum absolute atomic E-state index is 11.2. The van der Waals surface area contributed by atoms with E-state index in [1.54, 1.807) is 19.3 Å². The van der Waals surface area contributed by atoms with E-state index in [1.165, 1.54) is 10.6 Å². The Morgan fingerprint density at radius 3 is 2.71 bits per heavy atom. The van der Waals surface area contributed by atoms with Crippen LogP contribution in [0.1, 0.15) is 5.56 Å². The van der Waals surface area contributed by atoms with Crippen molar-refractivity contribution in [1.82, 2.24) is 4.57 Å². The summed E-state index contributed by atoms with van der Waals surface area (Å²) in [7, 11) is 1.73. The summed E-state index contributed by atoms with van der Waals surface area (Å²) < 4.78 is 1.54. The molecule has 4 heteroatoms. The minimum absolute atomic E-state index is 0.0201. The van der Waals surface area contributed by atoms with Crippen molar-refractivity contribution in [2.45, 2.75) is 6.54 Å². The van der Waals surface area contributed by atoms with Crippen LogP contribution in [0.5, 0.6) is 0 Å². The largest absolute Gasteiger partial charge is 0.380 e. The molecule has 0 fully saturated rings. The number of aryl methyl sites for hydroxylation is 1. The molecule has 1 heterocycles. The highest BCUT2D eigenvalue weighted by Crippen LogP contribution is 2.16. The van der Waals surface area contributed by atoms with Crippen LogP contribution < -0.4 is 10.9 Å². The Morgan fingerprint density at radius 2 is 2.00 bits per heavy atom. The molecule has 88 valence electrons. The summed E-state index contributed by atoms with van der Waals surface area (Å²) in [6.45, 7) is 0.637. The molecule has 17 heavy (non-hydrogen) atoms. The van der Waals surface area contributed by atoms with E-state index in [0.29, 0.717) is 6.54 Å². The van der Waals surface area contributed by atoms with Crippen molar-refractivity contribution in [2.75, 3.05) is 5.32 Å². The van der Waals surface area contributed by atoms with Crippen LogP contribution in [-0.2, 0) is 13.6 Å². The molecule has 2 rings (SSSR count). The molecule has 0 amide bonds. The Morgan fingerprint density at radius 1 is 1.24 bits per heavy atom. The van der Waals surface area contributed by atoms with Gasteiger partial charge in [-0.25, -0.2) is 0 Å². The van der Waals surface area contributed by atoms with Gasteiger partial charge in [-0.3, -0.25) is 4.79 Å². The number of benzene rings is 1. The van der Waals surface area contributed by atoms with Gasteiger partial charge >= 0.3 is 0 Å². The first kappa shape index (κ1) is 11.7. The van der Waals surface area contributed by atoms with Crippen molar-refractivity contribution in [3.8, 4) is 0 Å². The molecule has 0 saturated heterocycles. The number of hydrogen-bond acceptors (Lipinski definition) is 2. The third kappa shape index (κ3) is 2.88. The zero-order valence-electron chi connectivity index (χ0n) is 9.48. The highest BCUT2D eigenvalue weighted by Gasteiger charge is 1.99. The van der Waals surface area contributed by atoms with Gasteiger partial charge in [-0.2, -0.15) is 0 Å². The van der Waals surface area contributed by atoms with Gasteiger partial charge in [0.25, 0.3) is 0 Å². The molecule has 1 N–H and O–H groups in total. The predicted molar refractivity (Wildman–Crippen MR) is 70.5 cm³/mol. The molecule has 3 nitrogen and oxygen atoms in total. The van der Waals surface area contributed by atoms with Gasteiger partial charge in [0.15, 0.2) is 0 Å². The Labute approximate surface area is 105 Å². The van der Waals surface area contributed by atoms with Gasteiger partial charge in [-0.05, 0) is 17.7 Å². The van der Waals surface area contributed by atoms with Crippen LogP contribution in [0.4, 0.5) is 5.69 Å². The van der Waals surface area contributed by atoms with Crippen molar-refractivity contribution >= 4 is 17.3 Å². The van der Waals surface area contributed by atoms with E-state index in [-0.39, 0.29) is 5.56 Å². The Balaban J connectivity index is 2.10. The van der Waals surface area contributed by atoms with Gasteiger partial charge in [0.2, 0.25) is 5.56 Å². The van der Waals surface area contributed by atoms with Crippen molar-refractivity contribution < 1.29 is 0 Å². The van der Waals surface area contributed by atoms with E-state index in [1.807, 2.05) is 24.3 Å². The maximum atomic E-state index is 11.2. The molecular weight excluding hydrogens is 236 g/mol. The molecule has 0 saturated carbocycles. The summed E-state index contributed by atoms with van der Waals surface area (Å²) in [5.41, 5.74) is 1.91. The van der Waals surface area contributed by atoms with Crippen LogP contribution in [-0.4, -0.2) is 4.57 Å². The molecule has 0 aliphatic rings. The summed E-state index contributed by atoms with van der Waals surface area (Å²) in [4.78, 5) is 11.2. The highest BCUT2D eigenvalue weighted by molar-refractivity contribution is 6.31. The zero-order valence-corrected chi connectivity index (χ0v) is 10.2. The summed E-state index contributed by atoms with van der Waals surface area (Å²) >= 11 is 6.05. The van der Waals surface area contributed by atoms with Crippen molar-refractivity contribution in [3.63, 3.8) is 0 Å². The van der Waals surface area contributed by atoms with E-state index in [0.717, 1.165) is 16.3 Å². The van der Waals surface area contributed by atoms with Crippen LogP contribution in [0.25, 0.3) is 0 Å². The quantitative estimate of drug-likeness (QED) is 0.906. The second-order valence-electron chi connectivity index (χ2n) is 3.81. The number of aromatic nitrogens is 1. The number of pyridine rings is 1. The monoisotopic (exact) mass is 248 g/mol. The SMILES string of the molecule is Cn1cc(NCc2ccccc2Cl)ccc1=O.